The van der Waals surface area contributed by atoms with Crippen LogP contribution in [0.4, 0.5) is 10.1 Å². The lowest BCUT2D eigenvalue weighted by molar-refractivity contribution is 0.601. The van der Waals surface area contributed by atoms with Gasteiger partial charge in [0.25, 0.3) is 10.0 Å². The second-order valence-electron chi connectivity index (χ2n) is 3.80. The van der Waals surface area contributed by atoms with Crippen molar-refractivity contribution >= 4 is 63.5 Å². The molecule has 1 N–H and O–H groups in total. The van der Waals surface area contributed by atoms with Crippen molar-refractivity contribution in [2.45, 2.75) is 4.90 Å². The third kappa shape index (κ3) is 3.60. The first-order chi connectivity index (χ1) is 9.29. The lowest BCUT2D eigenvalue weighted by atomic mass is 10.3. The monoisotopic (exact) mass is 485 g/mol. The lowest BCUT2D eigenvalue weighted by Gasteiger charge is -2.12. The van der Waals surface area contributed by atoms with Gasteiger partial charge in [-0.05, 0) is 68.3 Å². The molecular weight excluding hydrogens is 481 g/mol. The van der Waals surface area contributed by atoms with Crippen LogP contribution in [-0.2, 0) is 10.0 Å². The summed E-state index contributed by atoms with van der Waals surface area (Å²) in [5.74, 6) is -0.477. The Labute approximate surface area is 141 Å². The summed E-state index contributed by atoms with van der Waals surface area (Å²) >= 11 is 9.50. The average Bonchev–Trinajstić information content (AvgIpc) is 2.34. The quantitative estimate of drug-likeness (QED) is 0.668. The van der Waals surface area contributed by atoms with E-state index in [9.17, 15) is 12.8 Å². The fourth-order valence-corrected chi connectivity index (χ4v) is 4.40. The molecule has 0 saturated carbocycles. The van der Waals surface area contributed by atoms with Gasteiger partial charge in [-0.1, -0.05) is 15.9 Å². The van der Waals surface area contributed by atoms with E-state index in [1.54, 1.807) is 12.1 Å². The van der Waals surface area contributed by atoms with Crippen LogP contribution in [0.25, 0.3) is 0 Å². The Bertz CT molecular complexity index is 725. The maximum absolute atomic E-state index is 13.2. The Balaban J connectivity index is 2.41. The first-order valence-electron chi connectivity index (χ1n) is 5.22. The van der Waals surface area contributed by atoms with E-state index in [0.717, 1.165) is 4.47 Å². The van der Waals surface area contributed by atoms with Crippen LogP contribution < -0.4 is 4.72 Å². The van der Waals surface area contributed by atoms with Crippen LogP contribution in [0.2, 0.25) is 0 Å². The van der Waals surface area contributed by atoms with Crippen LogP contribution in [0.5, 0.6) is 0 Å². The highest BCUT2D eigenvalue weighted by molar-refractivity contribution is 9.11. The molecule has 0 saturated heterocycles. The molecule has 2 rings (SSSR count). The van der Waals surface area contributed by atoms with Crippen molar-refractivity contribution < 1.29 is 12.8 Å². The van der Waals surface area contributed by atoms with E-state index in [0.29, 0.717) is 8.95 Å². The number of hydrogen-bond acceptors (Lipinski definition) is 2. The number of halogens is 4. The summed E-state index contributed by atoms with van der Waals surface area (Å²) in [6, 6.07) is 8.57. The molecule has 0 aliphatic rings. The van der Waals surface area contributed by atoms with E-state index in [1.165, 1.54) is 24.3 Å². The van der Waals surface area contributed by atoms with E-state index in [-0.39, 0.29) is 10.6 Å². The minimum Gasteiger partial charge on any atom is -0.277 e. The molecule has 0 unspecified atom stereocenters. The molecule has 8 heteroatoms. The second kappa shape index (κ2) is 6.13. The summed E-state index contributed by atoms with van der Waals surface area (Å²) < 4.78 is 41.5. The van der Waals surface area contributed by atoms with Gasteiger partial charge in [0, 0.05) is 13.4 Å². The van der Waals surface area contributed by atoms with Gasteiger partial charge in [-0.3, -0.25) is 4.72 Å². The van der Waals surface area contributed by atoms with Crippen molar-refractivity contribution in [1.29, 1.82) is 0 Å². The highest BCUT2D eigenvalue weighted by Gasteiger charge is 2.18. The molecular formula is C12H7Br3FNO2S. The molecule has 0 spiro atoms. The number of nitrogens with one attached hydrogen (secondary N) is 1. The molecule has 0 aliphatic carbocycles. The van der Waals surface area contributed by atoms with E-state index < -0.39 is 15.8 Å². The van der Waals surface area contributed by atoms with Gasteiger partial charge in [0.05, 0.1) is 10.6 Å². The smallest absolute Gasteiger partial charge is 0.261 e. The number of anilines is 1. The van der Waals surface area contributed by atoms with Crippen molar-refractivity contribution in [2.75, 3.05) is 4.72 Å². The van der Waals surface area contributed by atoms with Gasteiger partial charge in [0.1, 0.15) is 5.82 Å². The van der Waals surface area contributed by atoms with Crippen LogP contribution in [0.15, 0.2) is 54.7 Å². The molecule has 20 heavy (non-hydrogen) atoms. The van der Waals surface area contributed by atoms with Crippen molar-refractivity contribution in [1.82, 2.24) is 0 Å². The minimum absolute atomic E-state index is 0.115. The SMILES string of the molecule is O=S(=O)(Nc1c(Br)cc(F)cc1Br)c1ccc(Br)cc1. The molecule has 0 fully saturated rings. The Hall–Kier alpha value is -0.440. The topological polar surface area (TPSA) is 46.2 Å². The van der Waals surface area contributed by atoms with Gasteiger partial charge >= 0.3 is 0 Å². The summed E-state index contributed by atoms with van der Waals surface area (Å²) in [6.45, 7) is 0. The molecule has 106 valence electrons. The van der Waals surface area contributed by atoms with Gasteiger partial charge in [-0.15, -0.1) is 0 Å². The molecule has 2 aromatic rings. The zero-order valence-corrected chi connectivity index (χ0v) is 15.3. The molecule has 0 aromatic heterocycles. The van der Waals surface area contributed by atoms with Gasteiger partial charge < -0.3 is 0 Å². The largest absolute Gasteiger partial charge is 0.277 e. The molecule has 0 heterocycles. The zero-order valence-electron chi connectivity index (χ0n) is 9.70. The fourth-order valence-electron chi connectivity index (χ4n) is 1.45. The van der Waals surface area contributed by atoms with E-state index in [2.05, 4.69) is 52.5 Å². The highest BCUT2D eigenvalue weighted by atomic mass is 79.9. The average molecular weight is 488 g/mol. The van der Waals surface area contributed by atoms with Crippen molar-refractivity contribution in [3.8, 4) is 0 Å². The van der Waals surface area contributed by atoms with Crippen molar-refractivity contribution in [2.24, 2.45) is 0 Å². The highest BCUT2D eigenvalue weighted by Crippen LogP contribution is 2.33. The second-order valence-corrected chi connectivity index (χ2v) is 8.11. The number of sulfonamides is 1. The molecule has 0 radical (unpaired) electrons. The van der Waals surface area contributed by atoms with Crippen LogP contribution >= 0.6 is 47.8 Å². The third-order valence-corrected chi connectivity index (χ3v) is 5.51. The normalized spacial score (nSPS) is 11.4. The maximum Gasteiger partial charge on any atom is 0.261 e. The van der Waals surface area contributed by atoms with Crippen LogP contribution in [-0.4, -0.2) is 8.42 Å². The molecule has 0 bridgehead atoms. The Morgan fingerprint density at radius 3 is 1.95 bits per heavy atom. The molecule has 2 aromatic carbocycles. The summed E-state index contributed by atoms with van der Waals surface area (Å²) in [6.07, 6.45) is 0. The number of rotatable bonds is 3. The summed E-state index contributed by atoms with van der Waals surface area (Å²) in [7, 11) is -3.74. The molecule has 0 amide bonds. The molecule has 0 aliphatic heterocycles. The Kier molecular flexibility index (Phi) is 4.88. The van der Waals surface area contributed by atoms with Crippen LogP contribution in [0.1, 0.15) is 0 Å². The Morgan fingerprint density at radius 2 is 1.45 bits per heavy atom. The van der Waals surface area contributed by atoms with Gasteiger partial charge in [-0.2, -0.15) is 0 Å². The van der Waals surface area contributed by atoms with Crippen molar-refractivity contribution in [3.63, 3.8) is 0 Å². The van der Waals surface area contributed by atoms with E-state index in [1.807, 2.05) is 0 Å². The standard InChI is InChI=1S/C12H7Br3FNO2S/c13-7-1-3-9(4-2-7)20(18,19)17-12-10(14)5-8(16)6-11(12)15/h1-6,17H. The van der Waals surface area contributed by atoms with Crippen LogP contribution in [0, 0.1) is 5.82 Å². The third-order valence-electron chi connectivity index (χ3n) is 2.37. The van der Waals surface area contributed by atoms with Gasteiger partial charge in [0.15, 0.2) is 0 Å². The van der Waals surface area contributed by atoms with Crippen LogP contribution in [0.3, 0.4) is 0 Å². The number of benzene rings is 2. The van der Waals surface area contributed by atoms with Gasteiger partial charge in [0.2, 0.25) is 0 Å². The van der Waals surface area contributed by atoms with Crippen molar-refractivity contribution in [3.05, 3.63) is 55.6 Å². The summed E-state index contributed by atoms with van der Waals surface area (Å²) in [5.41, 5.74) is 0.245. The zero-order chi connectivity index (χ0) is 14.9. The molecule has 0 atom stereocenters. The summed E-state index contributed by atoms with van der Waals surface area (Å²) in [5, 5.41) is 0. The maximum atomic E-state index is 13.2. The first kappa shape index (κ1) is 15.9. The number of hydrogen-bond donors (Lipinski definition) is 1. The summed E-state index contributed by atoms with van der Waals surface area (Å²) in [4.78, 5) is 0.115. The van der Waals surface area contributed by atoms with E-state index >= 15 is 0 Å². The van der Waals surface area contributed by atoms with E-state index in [4.69, 9.17) is 0 Å². The lowest BCUT2D eigenvalue weighted by Crippen LogP contribution is -2.13. The predicted molar refractivity (Wildman–Crippen MR) is 86.8 cm³/mol. The van der Waals surface area contributed by atoms with Gasteiger partial charge in [-0.25, -0.2) is 12.8 Å². The first-order valence-corrected chi connectivity index (χ1v) is 9.09. The molecule has 3 nitrogen and oxygen atoms in total. The predicted octanol–water partition coefficient (Wildman–Crippen LogP) is 4.91. The fraction of sp³-hybridized carbons (Fsp3) is 0. The minimum atomic E-state index is -3.74. The Morgan fingerprint density at radius 1 is 0.950 bits per heavy atom.